The van der Waals surface area contributed by atoms with E-state index in [1.165, 1.54) is 6.07 Å². The highest BCUT2D eigenvalue weighted by molar-refractivity contribution is 6.30. The van der Waals surface area contributed by atoms with E-state index in [9.17, 15) is 22.8 Å². The number of halogens is 4. The van der Waals surface area contributed by atoms with E-state index in [1.807, 2.05) is 0 Å². The van der Waals surface area contributed by atoms with Gasteiger partial charge in [0.2, 0.25) is 0 Å². The quantitative estimate of drug-likeness (QED) is 0.567. The maximum absolute atomic E-state index is 12.9. The minimum Gasteiger partial charge on any atom is -0.492 e. The summed E-state index contributed by atoms with van der Waals surface area (Å²) in [7, 11) is 0. The molecule has 27 heavy (non-hydrogen) atoms. The van der Waals surface area contributed by atoms with Gasteiger partial charge in [-0.1, -0.05) is 23.7 Å². The molecule has 0 aliphatic heterocycles. The summed E-state index contributed by atoms with van der Waals surface area (Å²) in [5.41, 5.74) is -1.77. The third-order valence-electron chi connectivity index (χ3n) is 3.29. The highest BCUT2D eigenvalue weighted by Crippen LogP contribution is 2.32. The maximum atomic E-state index is 12.9. The average molecular weight is 402 g/mol. The first-order valence-electron chi connectivity index (χ1n) is 7.76. The van der Waals surface area contributed by atoms with Crippen LogP contribution in [0.5, 0.6) is 5.75 Å². The van der Waals surface area contributed by atoms with Gasteiger partial charge in [0.05, 0.1) is 17.7 Å². The summed E-state index contributed by atoms with van der Waals surface area (Å²) in [6.07, 6.45) is -4.70. The van der Waals surface area contributed by atoms with Crippen LogP contribution in [0.3, 0.4) is 0 Å². The molecule has 2 aromatic rings. The first-order valence-corrected chi connectivity index (χ1v) is 8.13. The second kappa shape index (κ2) is 9.27. The van der Waals surface area contributed by atoms with Crippen molar-refractivity contribution < 1.29 is 32.2 Å². The Labute approximate surface area is 158 Å². The summed E-state index contributed by atoms with van der Waals surface area (Å²) < 4.78 is 48.6. The van der Waals surface area contributed by atoms with Crippen LogP contribution in [0.25, 0.3) is 0 Å². The van der Waals surface area contributed by atoms with E-state index < -0.39 is 35.8 Å². The number of amides is 1. The summed E-state index contributed by atoms with van der Waals surface area (Å²) in [5.74, 6) is -1.33. The number of alkyl halides is 3. The first-order chi connectivity index (χ1) is 12.8. The smallest absolute Gasteiger partial charge is 0.417 e. The summed E-state index contributed by atoms with van der Waals surface area (Å²) in [5, 5.41) is 2.99. The molecule has 0 aliphatic rings. The summed E-state index contributed by atoms with van der Waals surface area (Å²) >= 11 is 5.74. The molecular weight excluding hydrogens is 387 g/mol. The van der Waals surface area contributed by atoms with Crippen LogP contribution in [0, 0.1) is 0 Å². The number of benzene rings is 2. The summed E-state index contributed by atoms with van der Waals surface area (Å²) in [6.45, 7) is -0.428. The molecule has 0 aromatic heterocycles. The number of carbonyl (C=O) groups is 2. The van der Waals surface area contributed by atoms with Crippen LogP contribution in [0.4, 0.5) is 13.2 Å². The van der Waals surface area contributed by atoms with Crippen LogP contribution in [0.2, 0.25) is 5.02 Å². The van der Waals surface area contributed by atoms with Crippen LogP contribution in [-0.4, -0.2) is 31.6 Å². The molecule has 0 heterocycles. The van der Waals surface area contributed by atoms with E-state index in [2.05, 4.69) is 10.1 Å². The van der Waals surface area contributed by atoms with Crippen molar-refractivity contribution in [3.63, 3.8) is 0 Å². The molecule has 0 atom stereocenters. The molecule has 144 valence electrons. The van der Waals surface area contributed by atoms with Gasteiger partial charge < -0.3 is 14.8 Å². The molecule has 2 rings (SSSR count). The molecule has 0 fully saturated rings. The molecule has 0 saturated heterocycles. The monoisotopic (exact) mass is 401 g/mol. The highest BCUT2D eigenvalue weighted by Gasteiger charge is 2.35. The Balaban J connectivity index is 1.75. The molecule has 1 N–H and O–H groups in total. The van der Waals surface area contributed by atoms with E-state index in [0.29, 0.717) is 10.8 Å². The Morgan fingerprint density at radius 1 is 1.04 bits per heavy atom. The fraction of sp³-hybridized carbons (Fsp3) is 0.222. The van der Waals surface area contributed by atoms with Gasteiger partial charge in [-0.05, 0) is 36.4 Å². The van der Waals surface area contributed by atoms with E-state index in [4.69, 9.17) is 16.3 Å². The number of esters is 1. The lowest BCUT2D eigenvalue weighted by atomic mass is 10.1. The highest BCUT2D eigenvalue weighted by atomic mass is 35.5. The van der Waals surface area contributed by atoms with Crippen LogP contribution < -0.4 is 10.1 Å². The number of nitrogens with one attached hydrogen (secondary N) is 1. The summed E-state index contributed by atoms with van der Waals surface area (Å²) in [6, 6.07) is 10.8. The Kier molecular flexibility index (Phi) is 7.06. The third-order valence-corrected chi connectivity index (χ3v) is 3.55. The lowest BCUT2D eigenvalue weighted by Gasteiger charge is -2.12. The Morgan fingerprint density at radius 2 is 1.70 bits per heavy atom. The van der Waals surface area contributed by atoms with Gasteiger partial charge in [-0.2, -0.15) is 13.2 Å². The number of carbonyl (C=O) groups excluding carboxylic acids is 2. The van der Waals surface area contributed by atoms with Crippen LogP contribution in [-0.2, 0) is 15.7 Å². The average Bonchev–Trinajstić information content (AvgIpc) is 2.64. The van der Waals surface area contributed by atoms with Crippen molar-refractivity contribution in [1.82, 2.24) is 5.32 Å². The second-order valence-electron chi connectivity index (χ2n) is 5.27. The third kappa shape index (κ3) is 6.49. The van der Waals surface area contributed by atoms with Crippen LogP contribution in [0.1, 0.15) is 15.9 Å². The fourth-order valence-electron chi connectivity index (χ4n) is 2.06. The minimum atomic E-state index is -4.70. The van der Waals surface area contributed by atoms with Crippen molar-refractivity contribution in [1.29, 1.82) is 0 Å². The van der Waals surface area contributed by atoms with Gasteiger partial charge in [-0.15, -0.1) is 0 Å². The zero-order valence-corrected chi connectivity index (χ0v) is 14.6. The Morgan fingerprint density at radius 3 is 2.37 bits per heavy atom. The van der Waals surface area contributed by atoms with Gasteiger partial charge >= 0.3 is 12.1 Å². The van der Waals surface area contributed by atoms with Gasteiger partial charge in [0.1, 0.15) is 12.4 Å². The molecular formula is C18H15ClF3NO4. The SMILES string of the molecule is O=C(COC(=O)c1ccccc1C(F)(F)F)NCCOc1ccc(Cl)cc1. The lowest BCUT2D eigenvalue weighted by Crippen LogP contribution is -2.32. The van der Waals surface area contributed by atoms with E-state index >= 15 is 0 Å². The van der Waals surface area contributed by atoms with E-state index in [1.54, 1.807) is 24.3 Å². The van der Waals surface area contributed by atoms with Crippen LogP contribution >= 0.6 is 11.6 Å². The molecule has 5 nitrogen and oxygen atoms in total. The van der Waals surface area contributed by atoms with Crippen molar-refractivity contribution in [3.05, 3.63) is 64.7 Å². The number of ether oxygens (including phenoxy) is 2. The van der Waals surface area contributed by atoms with Crippen molar-refractivity contribution in [3.8, 4) is 5.75 Å². The Bertz CT molecular complexity index is 794. The number of hydrogen-bond donors (Lipinski definition) is 1. The predicted molar refractivity (Wildman–Crippen MR) is 91.7 cm³/mol. The first kappa shape index (κ1) is 20.6. The standard InChI is InChI=1S/C18H15ClF3NO4/c19-12-5-7-13(8-6-12)26-10-9-23-16(24)11-27-17(25)14-3-1-2-4-15(14)18(20,21)22/h1-8H,9-11H2,(H,23,24). The second-order valence-corrected chi connectivity index (χ2v) is 5.71. The molecule has 0 spiro atoms. The topological polar surface area (TPSA) is 64.6 Å². The van der Waals surface area contributed by atoms with Gasteiger partial charge in [-0.3, -0.25) is 4.79 Å². The van der Waals surface area contributed by atoms with E-state index in [0.717, 1.165) is 18.2 Å². The van der Waals surface area contributed by atoms with Crippen molar-refractivity contribution >= 4 is 23.5 Å². The van der Waals surface area contributed by atoms with Gasteiger partial charge in [-0.25, -0.2) is 4.79 Å². The van der Waals surface area contributed by atoms with Crippen molar-refractivity contribution in [2.75, 3.05) is 19.8 Å². The maximum Gasteiger partial charge on any atom is 0.417 e. The molecule has 0 saturated carbocycles. The zero-order chi connectivity index (χ0) is 19.9. The zero-order valence-electron chi connectivity index (χ0n) is 13.9. The largest absolute Gasteiger partial charge is 0.492 e. The van der Waals surface area contributed by atoms with E-state index in [-0.39, 0.29) is 13.2 Å². The molecule has 0 aliphatic carbocycles. The Hall–Kier alpha value is -2.74. The lowest BCUT2D eigenvalue weighted by molar-refractivity contribution is -0.138. The molecule has 2 aromatic carbocycles. The van der Waals surface area contributed by atoms with Gasteiger partial charge in [0, 0.05) is 5.02 Å². The molecule has 9 heteroatoms. The normalized spacial score (nSPS) is 11.0. The van der Waals surface area contributed by atoms with Crippen molar-refractivity contribution in [2.24, 2.45) is 0 Å². The van der Waals surface area contributed by atoms with Crippen molar-refractivity contribution in [2.45, 2.75) is 6.18 Å². The van der Waals surface area contributed by atoms with Gasteiger partial charge in [0.25, 0.3) is 5.91 Å². The molecule has 0 bridgehead atoms. The number of rotatable bonds is 7. The predicted octanol–water partition coefficient (Wildman–Crippen LogP) is 3.71. The fourth-order valence-corrected chi connectivity index (χ4v) is 2.18. The molecule has 0 radical (unpaired) electrons. The minimum absolute atomic E-state index is 0.123. The van der Waals surface area contributed by atoms with Gasteiger partial charge in [0.15, 0.2) is 6.61 Å². The molecule has 1 amide bonds. The van der Waals surface area contributed by atoms with Crippen LogP contribution in [0.15, 0.2) is 48.5 Å². The summed E-state index contributed by atoms with van der Waals surface area (Å²) in [4.78, 5) is 23.5. The number of hydrogen-bond acceptors (Lipinski definition) is 4. The molecule has 0 unspecified atom stereocenters.